The van der Waals surface area contributed by atoms with Crippen molar-refractivity contribution in [1.29, 1.82) is 0 Å². The van der Waals surface area contributed by atoms with E-state index in [-0.39, 0.29) is 5.97 Å². The van der Waals surface area contributed by atoms with Crippen molar-refractivity contribution in [2.24, 2.45) is 4.99 Å². The predicted octanol–water partition coefficient (Wildman–Crippen LogP) is 2.80. The fourth-order valence-electron chi connectivity index (χ4n) is 1.91. The van der Waals surface area contributed by atoms with E-state index in [0.29, 0.717) is 18.0 Å². The van der Waals surface area contributed by atoms with Crippen molar-refractivity contribution >= 4 is 11.9 Å². The van der Waals surface area contributed by atoms with Gasteiger partial charge in [-0.15, -0.1) is 0 Å². The molecular weight excluding hydrogens is 226 g/mol. The van der Waals surface area contributed by atoms with Gasteiger partial charge in [0.1, 0.15) is 0 Å². The summed E-state index contributed by atoms with van der Waals surface area (Å²) in [5.41, 5.74) is 2.45. The maximum absolute atomic E-state index is 11.6. The lowest BCUT2D eigenvalue weighted by Gasteiger charge is -1.98. The van der Waals surface area contributed by atoms with Crippen LogP contribution in [0.5, 0.6) is 0 Å². The lowest BCUT2D eigenvalue weighted by atomic mass is 10.1. The van der Waals surface area contributed by atoms with Crippen LogP contribution in [0.1, 0.15) is 21.5 Å². The Bertz CT molecular complexity index is 617. The van der Waals surface area contributed by atoms with E-state index in [1.54, 1.807) is 6.07 Å². The first-order valence-corrected chi connectivity index (χ1v) is 5.74. The molecule has 0 spiro atoms. The lowest BCUT2D eigenvalue weighted by Crippen LogP contribution is -2.00. The molecule has 0 amide bonds. The largest absolute Gasteiger partial charge is 0.404 e. The Labute approximate surface area is 105 Å². The second kappa shape index (κ2) is 4.45. The summed E-state index contributed by atoms with van der Waals surface area (Å²) in [4.78, 5) is 15.9. The van der Waals surface area contributed by atoms with E-state index in [0.717, 1.165) is 11.1 Å². The van der Waals surface area contributed by atoms with Crippen molar-refractivity contribution in [3.63, 3.8) is 0 Å². The van der Waals surface area contributed by atoms with Gasteiger partial charge in [-0.3, -0.25) is 0 Å². The zero-order chi connectivity index (χ0) is 12.4. The highest BCUT2D eigenvalue weighted by Crippen LogP contribution is 2.20. The Balaban J connectivity index is 1.89. The van der Waals surface area contributed by atoms with E-state index < -0.39 is 0 Å². The van der Waals surface area contributed by atoms with Gasteiger partial charge in [0.15, 0.2) is 0 Å². The third-order valence-electron chi connectivity index (χ3n) is 2.81. The molecule has 1 aliphatic heterocycles. The first kappa shape index (κ1) is 10.7. The standard InChI is InChI=1S/C15H11NO2/c17-15-13-9-5-4-8-12(13)14(18-15)16-10-11-6-2-1-3-7-11/h1-9H,10H2. The number of hydrogen-bond donors (Lipinski definition) is 0. The summed E-state index contributed by atoms with van der Waals surface area (Å²) in [6.07, 6.45) is 0. The van der Waals surface area contributed by atoms with Crippen molar-refractivity contribution in [2.75, 3.05) is 0 Å². The maximum atomic E-state index is 11.6. The summed E-state index contributed by atoms with van der Waals surface area (Å²) in [5.74, 6) is 0.0943. The number of fused-ring (bicyclic) bond motifs is 1. The Hall–Kier alpha value is -2.42. The van der Waals surface area contributed by atoms with Gasteiger partial charge in [-0.2, -0.15) is 0 Å². The fourth-order valence-corrected chi connectivity index (χ4v) is 1.91. The number of rotatable bonds is 2. The number of esters is 1. The molecule has 1 aliphatic rings. The van der Waals surface area contributed by atoms with Crippen molar-refractivity contribution in [2.45, 2.75) is 6.54 Å². The van der Waals surface area contributed by atoms with Crippen LogP contribution in [0.15, 0.2) is 59.6 Å². The number of carbonyl (C=O) groups is 1. The molecule has 0 radical (unpaired) electrons. The number of ether oxygens (including phenoxy) is 1. The highest BCUT2D eigenvalue weighted by Gasteiger charge is 2.26. The molecule has 0 aromatic heterocycles. The van der Waals surface area contributed by atoms with Gasteiger partial charge >= 0.3 is 5.97 Å². The number of nitrogens with zero attached hydrogens (tertiary/aromatic N) is 1. The van der Waals surface area contributed by atoms with Crippen LogP contribution in [0.25, 0.3) is 0 Å². The molecule has 3 nitrogen and oxygen atoms in total. The number of carbonyl (C=O) groups excluding carboxylic acids is 1. The van der Waals surface area contributed by atoms with Gasteiger partial charge in [-0.05, 0) is 17.7 Å². The van der Waals surface area contributed by atoms with Crippen LogP contribution in [-0.2, 0) is 11.3 Å². The Kier molecular flexibility index (Phi) is 2.65. The van der Waals surface area contributed by atoms with E-state index in [1.165, 1.54) is 0 Å². The summed E-state index contributed by atoms with van der Waals surface area (Å²) >= 11 is 0. The molecule has 1 heterocycles. The summed E-state index contributed by atoms with van der Waals surface area (Å²) in [6.45, 7) is 0.512. The van der Waals surface area contributed by atoms with Crippen LogP contribution in [0, 0.1) is 0 Å². The second-order valence-electron chi connectivity index (χ2n) is 4.04. The average molecular weight is 237 g/mol. The smallest absolute Gasteiger partial charge is 0.345 e. The van der Waals surface area contributed by atoms with E-state index in [1.807, 2.05) is 48.5 Å². The van der Waals surface area contributed by atoms with Gasteiger partial charge in [0.05, 0.1) is 17.7 Å². The summed E-state index contributed by atoms with van der Waals surface area (Å²) < 4.78 is 5.16. The average Bonchev–Trinajstić information content (AvgIpc) is 2.75. The highest BCUT2D eigenvalue weighted by molar-refractivity contribution is 6.16. The Morgan fingerprint density at radius 2 is 1.56 bits per heavy atom. The molecule has 0 fully saturated rings. The third-order valence-corrected chi connectivity index (χ3v) is 2.81. The van der Waals surface area contributed by atoms with Gasteiger partial charge in [0.2, 0.25) is 5.90 Å². The molecule has 0 aliphatic carbocycles. The molecule has 0 saturated carbocycles. The van der Waals surface area contributed by atoms with E-state index >= 15 is 0 Å². The monoisotopic (exact) mass is 237 g/mol. The van der Waals surface area contributed by atoms with Gasteiger partial charge in [0.25, 0.3) is 0 Å². The second-order valence-corrected chi connectivity index (χ2v) is 4.04. The molecule has 0 saturated heterocycles. The van der Waals surface area contributed by atoms with Crippen molar-refractivity contribution in [3.05, 3.63) is 71.3 Å². The Morgan fingerprint density at radius 1 is 0.889 bits per heavy atom. The van der Waals surface area contributed by atoms with Crippen LogP contribution in [0.3, 0.4) is 0 Å². The molecule has 0 unspecified atom stereocenters. The highest BCUT2D eigenvalue weighted by atomic mass is 16.5. The quantitative estimate of drug-likeness (QED) is 0.753. The lowest BCUT2D eigenvalue weighted by molar-refractivity contribution is 0.0736. The normalized spacial score (nSPS) is 15.6. The van der Waals surface area contributed by atoms with Crippen molar-refractivity contribution < 1.29 is 9.53 Å². The molecule has 88 valence electrons. The predicted molar refractivity (Wildman–Crippen MR) is 68.5 cm³/mol. The van der Waals surface area contributed by atoms with Gasteiger partial charge in [-0.1, -0.05) is 42.5 Å². The summed E-state index contributed by atoms with van der Waals surface area (Å²) in [5, 5.41) is 0. The molecule has 0 N–H and O–H groups in total. The first-order chi connectivity index (χ1) is 8.84. The minimum absolute atomic E-state index is 0.322. The minimum Gasteiger partial charge on any atom is -0.404 e. The number of cyclic esters (lactones) is 1. The van der Waals surface area contributed by atoms with E-state index in [2.05, 4.69) is 4.99 Å². The summed E-state index contributed by atoms with van der Waals surface area (Å²) in [6, 6.07) is 17.2. The Morgan fingerprint density at radius 3 is 2.33 bits per heavy atom. The molecule has 3 rings (SSSR count). The summed E-state index contributed by atoms with van der Waals surface area (Å²) in [7, 11) is 0. The van der Waals surface area contributed by atoms with E-state index in [4.69, 9.17) is 4.74 Å². The number of benzene rings is 2. The SMILES string of the molecule is O=C1OC(=NCc2ccccc2)c2ccccc21. The van der Waals surface area contributed by atoms with Crippen LogP contribution < -0.4 is 0 Å². The number of hydrogen-bond acceptors (Lipinski definition) is 3. The van der Waals surface area contributed by atoms with Crippen molar-refractivity contribution in [1.82, 2.24) is 0 Å². The maximum Gasteiger partial charge on any atom is 0.345 e. The van der Waals surface area contributed by atoms with Crippen molar-refractivity contribution in [3.8, 4) is 0 Å². The molecule has 2 aromatic carbocycles. The molecule has 3 heteroatoms. The van der Waals surface area contributed by atoms with E-state index in [9.17, 15) is 4.79 Å². The zero-order valence-corrected chi connectivity index (χ0v) is 9.67. The minimum atomic E-state index is -0.322. The van der Waals surface area contributed by atoms with Crippen LogP contribution in [0.2, 0.25) is 0 Å². The van der Waals surface area contributed by atoms with Gasteiger partial charge in [-0.25, -0.2) is 9.79 Å². The van der Waals surface area contributed by atoms with Crippen LogP contribution in [-0.4, -0.2) is 11.9 Å². The first-order valence-electron chi connectivity index (χ1n) is 5.74. The van der Waals surface area contributed by atoms with Crippen LogP contribution >= 0.6 is 0 Å². The molecule has 0 atom stereocenters. The molecule has 2 aromatic rings. The fraction of sp³-hybridized carbons (Fsp3) is 0.0667. The molecular formula is C15H11NO2. The van der Waals surface area contributed by atoms with Gasteiger partial charge in [0, 0.05) is 0 Å². The van der Waals surface area contributed by atoms with Crippen LogP contribution in [0.4, 0.5) is 0 Å². The molecule has 0 bridgehead atoms. The van der Waals surface area contributed by atoms with Gasteiger partial charge < -0.3 is 4.74 Å². The number of aliphatic imine (C=N–C) groups is 1. The topological polar surface area (TPSA) is 38.7 Å². The third kappa shape index (κ3) is 1.91. The zero-order valence-electron chi connectivity index (χ0n) is 9.67. The molecule has 18 heavy (non-hydrogen) atoms.